The predicted molar refractivity (Wildman–Crippen MR) is 95.0 cm³/mol. The van der Waals surface area contributed by atoms with Crippen molar-refractivity contribution < 1.29 is 32.2 Å². The van der Waals surface area contributed by atoms with Crippen molar-refractivity contribution in [3.8, 4) is 5.75 Å². The number of benzene rings is 1. The molecule has 2 atom stereocenters. The summed E-state index contributed by atoms with van der Waals surface area (Å²) in [5.41, 5.74) is -1.07. The molecule has 2 aliphatic heterocycles. The molecule has 8 heteroatoms. The van der Waals surface area contributed by atoms with Gasteiger partial charge in [-0.15, -0.1) is 0 Å². The van der Waals surface area contributed by atoms with Gasteiger partial charge < -0.3 is 14.4 Å². The molecule has 3 rings (SSSR count). The van der Waals surface area contributed by atoms with Gasteiger partial charge in [-0.3, -0.25) is 4.79 Å². The van der Waals surface area contributed by atoms with Crippen LogP contribution in [0, 0.1) is 11.7 Å². The van der Waals surface area contributed by atoms with Crippen LogP contribution >= 0.6 is 0 Å². The van der Waals surface area contributed by atoms with Gasteiger partial charge in [0, 0.05) is 18.0 Å². The minimum absolute atomic E-state index is 0.186. The van der Waals surface area contributed by atoms with Crippen LogP contribution in [0.1, 0.15) is 56.8 Å². The number of hydrogen-bond acceptors (Lipinski definition) is 4. The van der Waals surface area contributed by atoms with E-state index in [1.54, 1.807) is 25.7 Å². The number of ether oxygens (including phenoxy) is 2. The monoisotopic (exact) mass is 399 g/mol. The van der Waals surface area contributed by atoms with E-state index in [2.05, 4.69) is 4.74 Å². The molecule has 0 spiro atoms. The van der Waals surface area contributed by atoms with Gasteiger partial charge in [-0.25, -0.2) is 9.18 Å². The molecule has 2 fully saturated rings. The molecule has 0 N–H and O–H groups in total. The molecule has 1 aromatic rings. The number of fused-ring (bicyclic) bond motifs is 2. The van der Waals surface area contributed by atoms with Gasteiger partial charge in [0.15, 0.2) is 5.78 Å². The number of Topliss-reactive ketones (excluding diaryl/α,β-unsaturated/α-hetero) is 1. The fourth-order valence-electron chi connectivity index (χ4n) is 4.15. The van der Waals surface area contributed by atoms with Crippen molar-refractivity contribution in [2.75, 3.05) is 0 Å². The summed E-state index contributed by atoms with van der Waals surface area (Å²) in [5.74, 6) is -2.46. The van der Waals surface area contributed by atoms with E-state index >= 15 is 0 Å². The van der Waals surface area contributed by atoms with E-state index in [9.17, 15) is 22.8 Å². The Morgan fingerprint density at radius 1 is 1.14 bits per heavy atom. The van der Waals surface area contributed by atoms with E-state index < -0.39 is 47.1 Å². The quantitative estimate of drug-likeness (QED) is 0.684. The number of piperidine rings is 1. The van der Waals surface area contributed by atoms with Crippen LogP contribution in [0.15, 0.2) is 18.2 Å². The average molecular weight is 399 g/mol. The lowest BCUT2D eigenvalue weighted by atomic mass is 9.84. The number of nitrogens with zero attached hydrogens (tertiary/aromatic N) is 1. The van der Waals surface area contributed by atoms with Crippen LogP contribution < -0.4 is 4.74 Å². The lowest BCUT2D eigenvalue weighted by Crippen LogP contribution is -2.49. The summed E-state index contributed by atoms with van der Waals surface area (Å²) in [6.45, 7) is 2.20. The predicted octanol–water partition coefficient (Wildman–Crippen LogP) is 4.79. The molecule has 2 unspecified atom stereocenters. The van der Waals surface area contributed by atoms with Crippen molar-refractivity contribution in [3.05, 3.63) is 29.6 Å². The molecule has 0 saturated carbocycles. The second kappa shape index (κ2) is 7.64. The molecule has 2 heterocycles. The second-order valence-corrected chi connectivity index (χ2v) is 8.30. The lowest BCUT2D eigenvalue weighted by molar-refractivity contribution is -0.0504. The Kier molecular flexibility index (Phi) is 5.59. The molecule has 0 aliphatic carbocycles. The molecule has 28 heavy (non-hydrogen) atoms. The van der Waals surface area contributed by atoms with Crippen molar-refractivity contribution in [2.24, 2.45) is 5.92 Å². The largest absolute Gasteiger partial charge is 0.444 e. The summed E-state index contributed by atoms with van der Waals surface area (Å²) in [6, 6.07) is 3.06. The maximum Gasteiger partial charge on any atom is 0.410 e. The maximum atomic E-state index is 14.3. The maximum absolute atomic E-state index is 14.3. The first-order valence-corrected chi connectivity index (χ1v) is 9.35. The van der Waals surface area contributed by atoms with Crippen LogP contribution in [-0.2, 0) is 4.74 Å². The lowest BCUT2D eigenvalue weighted by Gasteiger charge is -2.39. The van der Waals surface area contributed by atoms with Crippen molar-refractivity contribution in [2.45, 2.75) is 70.8 Å². The van der Waals surface area contributed by atoms with E-state index in [1.807, 2.05) is 0 Å². The zero-order valence-corrected chi connectivity index (χ0v) is 16.1. The van der Waals surface area contributed by atoms with E-state index in [0.29, 0.717) is 12.8 Å². The molecule has 2 saturated heterocycles. The van der Waals surface area contributed by atoms with Gasteiger partial charge in [-0.1, -0.05) is 6.07 Å². The van der Waals surface area contributed by atoms with Crippen molar-refractivity contribution in [3.63, 3.8) is 0 Å². The van der Waals surface area contributed by atoms with Gasteiger partial charge in [-0.2, -0.15) is 8.78 Å². The third-order valence-corrected chi connectivity index (χ3v) is 5.15. The fraction of sp³-hybridized carbons (Fsp3) is 0.600. The first-order chi connectivity index (χ1) is 13.1. The number of carbonyl (C=O) groups excluding carboxylic acids is 2. The molecule has 5 nitrogen and oxygen atoms in total. The number of alkyl halides is 2. The highest BCUT2D eigenvalue weighted by atomic mass is 19.3. The number of carbonyl (C=O) groups is 2. The Labute approximate surface area is 161 Å². The number of halogens is 3. The summed E-state index contributed by atoms with van der Waals surface area (Å²) in [7, 11) is 0. The Balaban J connectivity index is 1.78. The Hall–Kier alpha value is -2.25. The van der Waals surface area contributed by atoms with Crippen LogP contribution in [0.3, 0.4) is 0 Å². The Morgan fingerprint density at radius 2 is 1.75 bits per heavy atom. The van der Waals surface area contributed by atoms with E-state index in [4.69, 9.17) is 4.74 Å². The van der Waals surface area contributed by atoms with Crippen LogP contribution in [0.2, 0.25) is 0 Å². The first-order valence-electron chi connectivity index (χ1n) is 9.35. The molecule has 1 amide bonds. The number of ketones is 1. The van der Waals surface area contributed by atoms with Crippen molar-refractivity contribution in [1.82, 2.24) is 4.90 Å². The molecule has 0 aromatic heterocycles. The van der Waals surface area contributed by atoms with E-state index in [0.717, 1.165) is 25.0 Å². The number of hydrogen-bond donors (Lipinski definition) is 0. The molecular weight excluding hydrogens is 375 g/mol. The number of rotatable bonds is 4. The average Bonchev–Trinajstić information content (AvgIpc) is 2.83. The highest BCUT2D eigenvalue weighted by Crippen LogP contribution is 2.41. The summed E-state index contributed by atoms with van der Waals surface area (Å²) in [6.07, 6.45) is 1.73. The summed E-state index contributed by atoms with van der Waals surface area (Å²) < 4.78 is 49.3. The van der Waals surface area contributed by atoms with Crippen LogP contribution in [0.4, 0.5) is 18.0 Å². The van der Waals surface area contributed by atoms with E-state index in [1.165, 1.54) is 6.07 Å². The van der Waals surface area contributed by atoms with Crippen molar-refractivity contribution >= 4 is 11.9 Å². The molecule has 2 bridgehead atoms. The Morgan fingerprint density at radius 3 is 2.29 bits per heavy atom. The molecular formula is C20H24F3NO4. The van der Waals surface area contributed by atoms with Crippen molar-refractivity contribution in [1.29, 1.82) is 0 Å². The molecule has 1 aromatic carbocycles. The summed E-state index contributed by atoms with van der Waals surface area (Å²) in [4.78, 5) is 27.1. The van der Waals surface area contributed by atoms with Crippen LogP contribution in [-0.4, -0.2) is 41.1 Å². The smallest absolute Gasteiger partial charge is 0.410 e. The van der Waals surface area contributed by atoms with Crippen LogP contribution in [0.5, 0.6) is 5.75 Å². The van der Waals surface area contributed by atoms with Gasteiger partial charge in [-0.05, 0) is 58.6 Å². The zero-order chi connectivity index (χ0) is 20.6. The minimum atomic E-state index is -3.15. The Bertz CT molecular complexity index is 748. The molecule has 0 radical (unpaired) electrons. The van der Waals surface area contributed by atoms with E-state index in [-0.39, 0.29) is 12.1 Å². The molecule has 2 aliphatic rings. The fourth-order valence-corrected chi connectivity index (χ4v) is 4.15. The zero-order valence-electron chi connectivity index (χ0n) is 16.1. The molecule has 154 valence electrons. The number of amides is 1. The summed E-state index contributed by atoms with van der Waals surface area (Å²) in [5, 5.41) is 0. The SMILES string of the molecule is CC(C)(C)OC(=O)N1C2CCC1CC(C(=O)c1c(F)cccc1OC(F)F)C2. The normalized spacial score (nSPS) is 24.4. The third kappa shape index (κ3) is 4.25. The highest BCUT2D eigenvalue weighted by Gasteiger charge is 2.47. The second-order valence-electron chi connectivity index (χ2n) is 8.30. The highest BCUT2D eigenvalue weighted by molar-refractivity contribution is 6.00. The first kappa shape index (κ1) is 20.5. The topological polar surface area (TPSA) is 55.8 Å². The van der Waals surface area contributed by atoms with Gasteiger partial charge >= 0.3 is 12.7 Å². The standard InChI is InChI=1S/C20H24F3NO4/c1-20(2,3)28-19(26)24-12-7-8-13(24)10-11(9-12)17(25)16-14(21)5-4-6-15(16)27-18(22)23/h4-6,11-13,18H,7-10H2,1-3H3. The van der Waals surface area contributed by atoms with Crippen LogP contribution in [0.25, 0.3) is 0 Å². The van der Waals surface area contributed by atoms with Gasteiger partial charge in [0.2, 0.25) is 0 Å². The third-order valence-electron chi connectivity index (χ3n) is 5.15. The minimum Gasteiger partial charge on any atom is -0.444 e. The van der Waals surface area contributed by atoms with Gasteiger partial charge in [0.1, 0.15) is 17.2 Å². The van der Waals surface area contributed by atoms with Gasteiger partial charge in [0.25, 0.3) is 0 Å². The van der Waals surface area contributed by atoms with Gasteiger partial charge in [0.05, 0.1) is 5.56 Å². The summed E-state index contributed by atoms with van der Waals surface area (Å²) >= 11 is 0.